The van der Waals surface area contributed by atoms with Gasteiger partial charge >= 0.3 is 0 Å². The Morgan fingerprint density at radius 1 is 0.385 bits per heavy atom. The van der Waals surface area contributed by atoms with Gasteiger partial charge in [0.1, 0.15) is 0 Å². The number of anilines is 6. The summed E-state index contributed by atoms with van der Waals surface area (Å²) in [5.41, 5.74) is 20.5. The fourth-order valence-corrected chi connectivity index (χ4v) is 11.6. The minimum absolute atomic E-state index is 0.0135. The summed E-state index contributed by atoms with van der Waals surface area (Å²) >= 11 is 0. The normalized spacial score (nSPS) is 15.0. The highest BCUT2D eigenvalue weighted by Gasteiger charge is 2.44. The van der Waals surface area contributed by atoms with Crippen LogP contribution in [-0.4, -0.2) is 6.71 Å². The molecular weight excluding hydrogens is 784 g/mol. The zero-order valence-corrected chi connectivity index (χ0v) is 44.2. The predicted molar refractivity (Wildman–Crippen MR) is 289 cm³/mol. The lowest BCUT2D eigenvalue weighted by molar-refractivity contribution is 0.388. The van der Waals surface area contributed by atoms with Gasteiger partial charge in [0.05, 0.1) is 0 Å². The van der Waals surface area contributed by atoms with Crippen molar-refractivity contribution in [3.8, 4) is 0 Å². The van der Waals surface area contributed by atoms with E-state index in [0.717, 1.165) is 12.8 Å². The summed E-state index contributed by atoms with van der Waals surface area (Å²) in [6.07, 6.45) is 7.08. The average molecular weight is 869 g/mol. The van der Waals surface area contributed by atoms with Crippen LogP contribution in [0.4, 0.5) is 34.1 Å². The summed E-state index contributed by atoms with van der Waals surface area (Å²) in [6, 6.07) is 37.6. The highest BCUT2D eigenvalue weighted by molar-refractivity contribution is 7.00. The Kier molecular flexibility index (Phi) is 13.6. The Hall–Kier alpha value is -4.24. The lowest BCUT2D eigenvalue weighted by Gasteiger charge is -2.45. The van der Waals surface area contributed by atoms with Crippen LogP contribution in [0.2, 0.25) is 0 Å². The van der Waals surface area contributed by atoms with Crippen molar-refractivity contribution in [1.29, 1.82) is 0 Å². The molecule has 0 amide bonds. The van der Waals surface area contributed by atoms with Gasteiger partial charge in [-0.1, -0.05) is 193 Å². The highest BCUT2D eigenvalue weighted by atomic mass is 15.2. The third-order valence-electron chi connectivity index (χ3n) is 15.8. The van der Waals surface area contributed by atoms with Crippen LogP contribution in [0, 0.1) is 11.8 Å². The lowest BCUT2D eigenvalue weighted by atomic mass is 9.33. The number of hydrogen-bond donors (Lipinski definition) is 0. The van der Waals surface area contributed by atoms with E-state index in [9.17, 15) is 0 Å². The molecule has 2 unspecified atom stereocenters. The van der Waals surface area contributed by atoms with Crippen molar-refractivity contribution in [1.82, 2.24) is 0 Å². The van der Waals surface area contributed by atoms with Crippen molar-refractivity contribution in [2.75, 3.05) is 9.80 Å². The lowest BCUT2D eigenvalue weighted by Crippen LogP contribution is -2.61. The molecule has 2 aliphatic rings. The van der Waals surface area contributed by atoms with Crippen molar-refractivity contribution in [2.24, 2.45) is 11.8 Å². The Balaban J connectivity index is 1.64. The van der Waals surface area contributed by atoms with E-state index < -0.39 is 0 Å². The number of hydrogen-bond acceptors (Lipinski definition) is 2. The maximum absolute atomic E-state index is 2.68. The number of rotatable bonds is 12. The molecule has 0 N–H and O–H groups in total. The second-order valence-electron chi connectivity index (χ2n) is 24.2. The topological polar surface area (TPSA) is 6.48 Å². The predicted octanol–water partition coefficient (Wildman–Crippen LogP) is 16.8. The molecule has 0 saturated heterocycles. The fraction of sp³-hybridized carbons (Fsp3) is 0.516. The van der Waals surface area contributed by atoms with E-state index >= 15 is 0 Å². The van der Waals surface area contributed by atoms with E-state index in [-0.39, 0.29) is 28.4 Å². The monoisotopic (exact) mass is 869 g/mol. The van der Waals surface area contributed by atoms with E-state index in [0.29, 0.717) is 23.7 Å². The van der Waals surface area contributed by atoms with Gasteiger partial charge in [-0.3, -0.25) is 0 Å². The van der Waals surface area contributed by atoms with Gasteiger partial charge in [0.2, 0.25) is 0 Å². The fourth-order valence-electron chi connectivity index (χ4n) is 11.6. The van der Waals surface area contributed by atoms with E-state index in [1.54, 1.807) is 0 Å². The molecule has 0 saturated carbocycles. The summed E-state index contributed by atoms with van der Waals surface area (Å²) in [7, 11) is 0. The van der Waals surface area contributed by atoms with Gasteiger partial charge in [-0.25, -0.2) is 0 Å². The minimum atomic E-state index is -0.0135. The van der Waals surface area contributed by atoms with Crippen LogP contribution in [-0.2, 0) is 21.7 Å². The number of fused-ring (bicyclic) bond motifs is 4. The van der Waals surface area contributed by atoms with Crippen LogP contribution in [0.3, 0.4) is 0 Å². The van der Waals surface area contributed by atoms with E-state index in [4.69, 9.17) is 0 Å². The standard InChI is InChI=1S/C62H85BN2/c1-19-40(20-2)50(23-5)42-28-30-54-52(32-42)63-53-33-43(51(24-6)41(21-3)22-4)29-31-55(53)65(49-38-46(61(13,14)15)35-47(39-49)62(16,17)18)57-27-25-26-56(58(57)63)64(54)48-36-44(59(7,8)9)34-45(37-48)60(10,11)12/h25-41,50-51H,19-24H2,1-18H3. The maximum atomic E-state index is 2.68. The number of nitrogens with zero attached hydrogens (tertiary/aromatic N) is 2. The van der Waals surface area contributed by atoms with Gasteiger partial charge in [-0.05, 0) is 156 Å². The molecule has 65 heavy (non-hydrogen) atoms. The Labute approximate surface area is 398 Å². The van der Waals surface area contributed by atoms with Crippen LogP contribution >= 0.6 is 0 Å². The molecule has 7 rings (SSSR count). The molecule has 346 valence electrons. The van der Waals surface area contributed by atoms with E-state index in [2.05, 4.69) is 225 Å². The molecule has 0 radical (unpaired) electrons. The second kappa shape index (κ2) is 18.1. The van der Waals surface area contributed by atoms with E-state index in [1.165, 1.54) is 110 Å². The third-order valence-corrected chi connectivity index (χ3v) is 15.8. The quantitative estimate of drug-likeness (QED) is 0.113. The van der Waals surface area contributed by atoms with Crippen LogP contribution in [0.25, 0.3) is 0 Å². The molecule has 2 aliphatic heterocycles. The Bertz CT molecular complexity index is 2250. The zero-order chi connectivity index (χ0) is 47.6. The highest BCUT2D eigenvalue weighted by Crippen LogP contribution is 2.48. The molecule has 2 heterocycles. The van der Waals surface area contributed by atoms with Crippen molar-refractivity contribution < 1.29 is 0 Å². The first-order valence-electron chi connectivity index (χ1n) is 25.8. The first-order chi connectivity index (χ1) is 30.5. The molecule has 0 aliphatic carbocycles. The van der Waals surface area contributed by atoms with Crippen LogP contribution < -0.4 is 26.2 Å². The molecule has 0 aromatic heterocycles. The van der Waals surface area contributed by atoms with Gasteiger partial charge in [0, 0.05) is 34.1 Å². The van der Waals surface area contributed by atoms with Crippen molar-refractivity contribution in [2.45, 2.75) is 197 Å². The molecule has 3 heteroatoms. The molecule has 0 bridgehead atoms. The van der Waals surface area contributed by atoms with Crippen LogP contribution in [0.15, 0.2) is 91.0 Å². The molecule has 0 fully saturated rings. The Morgan fingerprint density at radius 2 is 0.708 bits per heavy atom. The van der Waals surface area contributed by atoms with Gasteiger partial charge in [0.25, 0.3) is 6.71 Å². The third kappa shape index (κ3) is 9.13. The van der Waals surface area contributed by atoms with Gasteiger partial charge < -0.3 is 9.80 Å². The van der Waals surface area contributed by atoms with Crippen LogP contribution in [0.5, 0.6) is 0 Å². The van der Waals surface area contributed by atoms with Crippen LogP contribution in [0.1, 0.15) is 208 Å². The summed E-state index contributed by atoms with van der Waals surface area (Å²) < 4.78 is 0. The molecule has 5 aromatic carbocycles. The van der Waals surface area contributed by atoms with Crippen molar-refractivity contribution >= 4 is 57.2 Å². The van der Waals surface area contributed by atoms with E-state index in [1.807, 2.05) is 0 Å². The summed E-state index contributed by atoms with van der Waals surface area (Å²) in [5.74, 6) is 2.32. The molecule has 2 atom stereocenters. The summed E-state index contributed by atoms with van der Waals surface area (Å²) in [5, 5.41) is 0. The maximum Gasteiger partial charge on any atom is 0.252 e. The molecular formula is C62H85BN2. The Morgan fingerprint density at radius 3 is 0.985 bits per heavy atom. The summed E-state index contributed by atoms with van der Waals surface area (Å²) in [4.78, 5) is 5.32. The van der Waals surface area contributed by atoms with Gasteiger partial charge in [-0.2, -0.15) is 0 Å². The smallest absolute Gasteiger partial charge is 0.252 e. The first kappa shape index (κ1) is 48.7. The largest absolute Gasteiger partial charge is 0.311 e. The minimum Gasteiger partial charge on any atom is -0.311 e. The first-order valence-corrected chi connectivity index (χ1v) is 25.8. The van der Waals surface area contributed by atoms with Crippen molar-refractivity contribution in [3.05, 3.63) is 124 Å². The zero-order valence-electron chi connectivity index (χ0n) is 44.2. The molecule has 0 spiro atoms. The van der Waals surface area contributed by atoms with Gasteiger partial charge in [-0.15, -0.1) is 0 Å². The second-order valence-corrected chi connectivity index (χ2v) is 24.2. The molecule has 2 nitrogen and oxygen atoms in total. The number of benzene rings is 5. The molecule has 5 aromatic rings. The SMILES string of the molecule is CCC(CC)C(CC)c1ccc2c(c1)B1c3cc(C(CC)C(CC)CC)ccc3N(c3cc(C(C)(C)C)cc(C(C)(C)C)c3)c3cccc(c31)N2c1cc(C(C)(C)C)cc(C(C)(C)C)c1. The average Bonchev–Trinajstić information content (AvgIpc) is 3.25. The summed E-state index contributed by atoms with van der Waals surface area (Å²) in [6.45, 7) is 42.9. The van der Waals surface area contributed by atoms with Crippen molar-refractivity contribution in [3.63, 3.8) is 0 Å². The van der Waals surface area contributed by atoms with Gasteiger partial charge in [0.15, 0.2) is 0 Å².